The number of carbonyl (C=O) groups excluding carboxylic acids is 2. The number of hydrogen-bond acceptors (Lipinski definition) is 3. The van der Waals surface area contributed by atoms with E-state index >= 15 is 0 Å². The van der Waals surface area contributed by atoms with Crippen LogP contribution in [0.3, 0.4) is 0 Å². The van der Waals surface area contributed by atoms with Crippen molar-refractivity contribution < 1.29 is 14.3 Å². The van der Waals surface area contributed by atoms with Crippen molar-refractivity contribution in [2.45, 2.75) is 19.1 Å². The number of carbonyl (C=O) groups is 2. The van der Waals surface area contributed by atoms with Gasteiger partial charge in [-0.05, 0) is 16.7 Å². The second-order valence-electron chi connectivity index (χ2n) is 6.18. The lowest BCUT2D eigenvalue weighted by Crippen LogP contribution is -2.35. The summed E-state index contributed by atoms with van der Waals surface area (Å²) < 4.78 is 5.28. The Morgan fingerprint density at radius 3 is 1.85 bits per heavy atom. The zero-order valence-electron chi connectivity index (χ0n) is 14.9. The van der Waals surface area contributed by atoms with Gasteiger partial charge in [-0.25, -0.2) is 4.79 Å². The highest BCUT2D eigenvalue weighted by molar-refractivity contribution is 5.90. The lowest BCUT2D eigenvalue weighted by Gasteiger charge is -2.18. The van der Waals surface area contributed by atoms with E-state index in [1.54, 1.807) is 0 Å². The molecule has 3 aromatic carbocycles. The normalized spacial score (nSPS) is 11.4. The van der Waals surface area contributed by atoms with Crippen LogP contribution in [0.25, 0.3) is 0 Å². The van der Waals surface area contributed by atoms with E-state index in [4.69, 9.17) is 4.74 Å². The van der Waals surface area contributed by atoms with Gasteiger partial charge in [-0.1, -0.05) is 91.0 Å². The molecule has 0 fully saturated rings. The van der Waals surface area contributed by atoms with E-state index < -0.39 is 12.1 Å². The van der Waals surface area contributed by atoms with E-state index in [0.29, 0.717) is 0 Å². The van der Waals surface area contributed by atoms with E-state index in [9.17, 15) is 9.59 Å². The minimum Gasteiger partial charge on any atom is -0.445 e. The highest BCUT2D eigenvalue weighted by Gasteiger charge is 2.23. The highest BCUT2D eigenvalue weighted by Crippen LogP contribution is 2.17. The molecule has 1 atom stereocenters. The van der Waals surface area contributed by atoms with Crippen molar-refractivity contribution in [1.29, 1.82) is 0 Å². The van der Waals surface area contributed by atoms with Gasteiger partial charge >= 0.3 is 6.09 Å². The van der Waals surface area contributed by atoms with Crippen LogP contribution in [0.4, 0.5) is 4.79 Å². The Morgan fingerprint density at radius 1 is 0.741 bits per heavy atom. The third-order valence-electron chi connectivity index (χ3n) is 4.15. The largest absolute Gasteiger partial charge is 0.445 e. The first-order valence-corrected chi connectivity index (χ1v) is 8.81. The van der Waals surface area contributed by atoms with Crippen LogP contribution >= 0.6 is 0 Å². The highest BCUT2D eigenvalue weighted by atomic mass is 16.5. The summed E-state index contributed by atoms with van der Waals surface area (Å²) in [7, 11) is 0. The van der Waals surface area contributed by atoms with Gasteiger partial charge in [0.1, 0.15) is 12.6 Å². The average molecular weight is 359 g/mol. The first-order valence-electron chi connectivity index (χ1n) is 8.81. The van der Waals surface area contributed by atoms with E-state index in [1.165, 1.54) is 0 Å². The van der Waals surface area contributed by atoms with Crippen molar-refractivity contribution in [3.8, 4) is 0 Å². The molecule has 1 N–H and O–H groups in total. The predicted octanol–water partition coefficient (Wildman–Crippen LogP) is 4.47. The zero-order valence-corrected chi connectivity index (χ0v) is 14.9. The van der Waals surface area contributed by atoms with Crippen LogP contribution in [0, 0.1) is 0 Å². The predicted molar refractivity (Wildman–Crippen MR) is 104 cm³/mol. The van der Waals surface area contributed by atoms with Crippen molar-refractivity contribution in [2.75, 3.05) is 0 Å². The average Bonchev–Trinajstić information content (AvgIpc) is 2.72. The third kappa shape index (κ3) is 5.54. The Kier molecular flexibility index (Phi) is 6.36. The van der Waals surface area contributed by atoms with Gasteiger partial charge in [-0.3, -0.25) is 4.79 Å². The lowest BCUT2D eigenvalue weighted by atomic mass is 9.98. The van der Waals surface area contributed by atoms with Gasteiger partial charge in [0, 0.05) is 6.42 Å². The summed E-state index contributed by atoms with van der Waals surface area (Å²) >= 11 is 0. The molecule has 0 aliphatic heterocycles. The molecule has 27 heavy (non-hydrogen) atoms. The van der Waals surface area contributed by atoms with Crippen molar-refractivity contribution in [3.63, 3.8) is 0 Å². The Morgan fingerprint density at radius 2 is 1.26 bits per heavy atom. The maximum atomic E-state index is 12.9. The van der Waals surface area contributed by atoms with Crippen LogP contribution in [0.5, 0.6) is 0 Å². The molecule has 4 heteroatoms. The molecule has 0 spiro atoms. The SMILES string of the molecule is O=C(NC(C(=O)Cc1ccccc1)c1ccccc1)OCc1ccccc1. The minimum atomic E-state index is -0.755. The fraction of sp³-hybridized carbons (Fsp3) is 0.130. The van der Waals surface area contributed by atoms with Crippen molar-refractivity contribution in [2.24, 2.45) is 0 Å². The summed E-state index contributed by atoms with van der Waals surface area (Å²) in [6, 6.07) is 27.3. The summed E-state index contributed by atoms with van der Waals surface area (Å²) in [5, 5.41) is 2.71. The summed E-state index contributed by atoms with van der Waals surface area (Å²) in [5.41, 5.74) is 2.53. The van der Waals surface area contributed by atoms with Crippen molar-refractivity contribution >= 4 is 11.9 Å². The molecule has 0 aliphatic rings. The van der Waals surface area contributed by atoms with E-state index in [1.807, 2.05) is 91.0 Å². The summed E-state index contributed by atoms with van der Waals surface area (Å²) in [5.74, 6) is -0.0935. The van der Waals surface area contributed by atoms with Gasteiger partial charge in [0.15, 0.2) is 5.78 Å². The lowest BCUT2D eigenvalue weighted by molar-refractivity contribution is -0.120. The molecule has 0 aromatic heterocycles. The number of benzene rings is 3. The number of rotatable bonds is 7. The molecule has 0 saturated carbocycles. The molecule has 0 radical (unpaired) electrons. The molecule has 0 heterocycles. The zero-order chi connectivity index (χ0) is 18.9. The van der Waals surface area contributed by atoms with E-state index in [-0.39, 0.29) is 18.8 Å². The monoisotopic (exact) mass is 359 g/mol. The molecule has 4 nitrogen and oxygen atoms in total. The summed E-state index contributed by atoms with van der Waals surface area (Å²) in [4.78, 5) is 25.1. The number of ether oxygens (including phenoxy) is 1. The number of Topliss-reactive ketones (excluding diaryl/α,β-unsaturated/α-hetero) is 1. The van der Waals surface area contributed by atoms with Crippen LogP contribution in [-0.4, -0.2) is 11.9 Å². The van der Waals surface area contributed by atoms with Crippen LogP contribution in [-0.2, 0) is 22.6 Å². The van der Waals surface area contributed by atoms with Crippen LogP contribution in [0.1, 0.15) is 22.7 Å². The van der Waals surface area contributed by atoms with Crippen LogP contribution in [0.2, 0.25) is 0 Å². The number of nitrogens with one attached hydrogen (secondary N) is 1. The Labute approximate surface area is 158 Å². The summed E-state index contributed by atoms with van der Waals surface area (Å²) in [6.07, 6.45) is -0.381. The first kappa shape index (κ1) is 18.4. The van der Waals surface area contributed by atoms with Gasteiger partial charge in [0.05, 0.1) is 0 Å². The molecule has 136 valence electrons. The molecule has 0 saturated heterocycles. The molecule has 1 unspecified atom stereocenters. The fourth-order valence-electron chi connectivity index (χ4n) is 2.78. The van der Waals surface area contributed by atoms with Crippen LogP contribution < -0.4 is 5.32 Å². The second kappa shape index (κ2) is 9.34. The number of amides is 1. The van der Waals surface area contributed by atoms with Crippen molar-refractivity contribution in [1.82, 2.24) is 5.32 Å². The molecular weight excluding hydrogens is 338 g/mol. The standard InChI is InChI=1S/C23H21NO3/c25-21(16-18-10-4-1-5-11-18)22(20-14-8-3-9-15-20)24-23(26)27-17-19-12-6-2-7-13-19/h1-15,22H,16-17H2,(H,24,26). The number of hydrogen-bond donors (Lipinski definition) is 1. The maximum absolute atomic E-state index is 12.9. The van der Waals surface area contributed by atoms with Gasteiger partial charge in [0.25, 0.3) is 0 Å². The van der Waals surface area contributed by atoms with Gasteiger partial charge in [0.2, 0.25) is 0 Å². The van der Waals surface area contributed by atoms with Gasteiger partial charge in [-0.2, -0.15) is 0 Å². The topological polar surface area (TPSA) is 55.4 Å². The van der Waals surface area contributed by atoms with Gasteiger partial charge in [-0.15, -0.1) is 0 Å². The maximum Gasteiger partial charge on any atom is 0.408 e. The smallest absolute Gasteiger partial charge is 0.408 e. The van der Waals surface area contributed by atoms with Gasteiger partial charge < -0.3 is 10.1 Å². The number of ketones is 1. The Balaban J connectivity index is 1.68. The number of alkyl carbamates (subject to hydrolysis) is 1. The Hall–Kier alpha value is -3.40. The van der Waals surface area contributed by atoms with E-state index in [0.717, 1.165) is 16.7 Å². The van der Waals surface area contributed by atoms with Crippen molar-refractivity contribution in [3.05, 3.63) is 108 Å². The second-order valence-corrected chi connectivity index (χ2v) is 6.18. The molecule has 1 amide bonds. The minimum absolute atomic E-state index is 0.0935. The first-order chi connectivity index (χ1) is 13.2. The van der Waals surface area contributed by atoms with Crippen LogP contribution in [0.15, 0.2) is 91.0 Å². The Bertz CT molecular complexity index is 864. The summed E-state index contributed by atoms with van der Waals surface area (Å²) in [6.45, 7) is 0.154. The quantitative estimate of drug-likeness (QED) is 0.677. The third-order valence-corrected chi connectivity index (χ3v) is 4.15. The molecular formula is C23H21NO3. The molecule has 0 bridgehead atoms. The fourth-order valence-corrected chi connectivity index (χ4v) is 2.78. The molecule has 3 rings (SSSR count). The van der Waals surface area contributed by atoms with E-state index in [2.05, 4.69) is 5.32 Å². The molecule has 3 aromatic rings. The molecule has 0 aliphatic carbocycles.